The Labute approximate surface area is 68.7 Å². The van der Waals surface area contributed by atoms with Crippen molar-refractivity contribution in [2.45, 2.75) is 31.8 Å². The average Bonchev–Trinajstić information content (AvgIpc) is 2.06. The third kappa shape index (κ3) is 3.18. The molecule has 0 spiro atoms. The van der Waals surface area contributed by atoms with Gasteiger partial charge in [-0.25, -0.2) is 0 Å². The molecule has 4 N–H and O–H groups in total. The molecule has 1 rings (SSSR count). The third-order valence-corrected chi connectivity index (χ3v) is 2.17. The Hall–Kier alpha value is -0.120. The van der Waals surface area contributed by atoms with E-state index in [1.165, 1.54) is 19.4 Å². The van der Waals surface area contributed by atoms with Crippen molar-refractivity contribution in [2.75, 3.05) is 19.6 Å². The van der Waals surface area contributed by atoms with Gasteiger partial charge in [0.25, 0.3) is 0 Å². The zero-order valence-corrected chi connectivity index (χ0v) is 7.27. The molecule has 0 radical (unpaired) electrons. The van der Waals surface area contributed by atoms with Crippen molar-refractivity contribution >= 4 is 0 Å². The SMILES string of the molecule is CC(CN)NC1CCCNC1. The van der Waals surface area contributed by atoms with E-state index in [4.69, 9.17) is 5.73 Å². The fourth-order valence-electron chi connectivity index (χ4n) is 1.46. The van der Waals surface area contributed by atoms with Crippen LogP contribution in [0.15, 0.2) is 0 Å². The lowest BCUT2D eigenvalue weighted by atomic mass is 10.1. The van der Waals surface area contributed by atoms with Gasteiger partial charge >= 0.3 is 0 Å². The Morgan fingerprint density at radius 2 is 2.55 bits per heavy atom. The average molecular weight is 157 g/mol. The van der Waals surface area contributed by atoms with Crippen LogP contribution in [-0.2, 0) is 0 Å². The highest BCUT2D eigenvalue weighted by Gasteiger charge is 2.13. The van der Waals surface area contributed by atoms with Crippen molar-refractivity contribution in [1.82, 2.24) is 10.6 Å². The number of hydrogen-bond acceptors (Lipinski definition) is 3. The monoisotopic (exact) mass is 157 g/mol. The Balaban J connectivity index is 2.13. The van der Waals surface area contributed by atoms with Crippen LogP contribution < -0.4 is 16.4 Å². The van der Waals surface area contributed by atoms with Crippen LogP contribution in [0, 0.1) is 0 Å². The fourth-order valence-corrected chi connectivity index (χ4v) is 1.46. The predicted octanol–water partition coefficient (Wildman–Crippen LogP) is -0.325. The predicted molar refractivity (Wildman–Crippen MR) is 47.5 cm³/mol. The van der Waals surface area contributed by atoms with Crippen molar-refractivity contribution in [2.24, 2.45) is 5.73 Å². The molecule has 1 aliphatic rings. The standard InChI is InChI=1S/C8H19N3/c1-7(5-9)11-8-3-2-4-10-6-8/h7-8,10-11H,2-6,9H2,1H3. The summed E-state index contributed by atoms with van der Waals surface area (Å²) >= 11 is 0. The Morgan fingerprint density at radius 1 is 1.73 bits per heavy atom. The minimum atomic E-state index is 0.458. The summed E-state index contributed by atoms with van der Waals surface area (Å²) in [5.74, 6) is 0. The van der Waals surface area contributed by atoms with Crippen LogP contribution in [0.1, 0.15) is 19.8 Å². The van der Waals surface area contributed by atoms with Crippen molar-refractivity contribution in [3.8, 4) is 0 Å². The second kappa shape index (κ2) is 4.70. The first-order valence-electron chi connectivity index (χ1n) is 4.49. The number of hydrogen-bond donors (Lipinski definition) is 3. The van der Waals surface area contributed by atoms with Crippen LogP contribution in [0.3, 0.4) is 0 Å². The van der Waals surface area contributed by atoms with E-state index in [1.807, 2.05) is 0 Å². The molecule has 0 aromatic heterocycles. The molecule has 0 saturated carbocycles. The molecule has 66 valence electrons. The van der Waals surface area contributed by atoms with Gasteiger partial charge in [-0.15, -0.1) is 0 Å². The molecule has 0 amide bonds. The van der Waals surface area contributed by atoms with Gasteiger partial charge in [-0.3, -0.25) is 0 Å². The molecule has 3 heteroatoms. The molecule has 3 nitrogen and oxygen atoms in total. The van der Waals surface area contributed by atoms with Crippen LogP contribution in [0.4, 0.5) is 0 Å². The van der Waals surface area contributed by atoms with Gasteiger partial charge in [0.15, 0.2) is 0 Å². The highest BCUT2D eigenvalue weighted by atomic mass is 15.0. The minimum absolute atomic E-state index is 0.458. The second-order valence-corrected chi connectivity index (χ2v) is 3.35. The second-order valence-electron chi connectivity index (χ2n) is 3.35. The lowest BCUT2D eigenvalue weighted by molar-refractivity contribution is 0.361. The Kier molecular flexibility index (Phi) is 3.83. The van der Waals surface area contributed by atoms with Crippen molar-refractivity contribution in [3.05, 3.63) is 0 Å². The largest absolute Gasteiger partial charge is 0.329 e. The van der Waals surface area contributed by atoms with Gasteiger partial charge in [0.2, 0.25) is 0 Å². The van der Waals surface area contributed by atoms with Gasteiger partial charge < -0.3 is 16.4 Å². The Morgan fingerprint density at radius 3 is 3.09 bits per heavy atom. The van der Waals surface area contributed by atoms with E-state index in [0.717, 1.165) is 13.1 Å². The van der Waals surface area contributed by atoms with E-state index < -0.39 is 0 Å². The molecule has 0 aromatic carbocycles. The summed E-state index contributed by atoms with van der Waals surface area (Å²) in [5.41, 5.74) is 5.51. The molecular formula is C8H19N3. The molecule has 2 unspecified atom stereocenters. The number of nitrogens with one attached hydrogen (secondary N) is 2. The van der Waals surface area contributed by atoms with E-state index >= 15 is 0 Å². The summed E-state index contributed by atoms with van der Waals surface area (Å²) in [4.78, 5) is 0. The molecule has 1 aliphatic heterocycles. The maximum Gasteiger partial charge on any atom is 0.0195 e. The molecule has 1 heterocycles. The molecule has 11 heavy (non-hydrogen) atoms. The fraction of sp³-hybridized carbons (Fsp3) is 1.00. The molecule has 2 atom stereocenters. The highest BCUT2D eigenvalue weighted by Crippen LogP contribution is 2.01. The van der Waals surface area contributed by atoms with Gasteiger partial charge in [-0.05, 0) is 26.3 Å². The van der Waals surface area contributed by atoms with Gasteiger partial charge in [0.05, 0.1) is 0 Å². The molecular weight excluding hydrogens is 138 g/mol. The number of rotatable bonds is 3. The smallest absolute Gasteiger partial charge is 0.0195 e. The summed E-state index contributed by atoms with van der Waals surface area (Å²) in [5, 5.41) is 6.84. The lowest BCUT2D eigenvalue weighted by Gasteiger charge is -2.26. The summed E-state index contributed by atoms with van der Waals surface area (Å²) in [6.07, 6.45) is 2.58. The number of piperidine rings is 1. The normalized spacial score (nSPS) is 28.4. The first kappa shape index (κ1) is 8.97. The zero-order valence-electron chi connectivity index (χ0n) is 7.27. The summed E-state index contributed by atoms with van der Waals surface area (Å²) in [7, 11) is 0. The summed E-state index contributed by atoms with van der Waals surface area (Å²) < 4.78 is 0. The van der Waals surface area contributed by atoms with Crippen molar-refractivity contribution < 1.29 is 0 Å². The first-order chi connectivity index (χ1) is 5.33. The minimum Gasteiger partial charge on any atom is -0.329 e. The van der Waals surface area contributed by atoms with Gasteiger partial charge in [-0.1, -0.05) is 0 Å². The van der Waals surface area contributed by atoms with Crippen molar-refractivity contribution in [1.29, 1.82) is 0 Å². The third-order valence-electron chi connectivity index (χ3n) is 2.17. The molecule has 1 fully saturated rings. The topological polar surface area (TPSA) is 50.1 Å². The van der Waals surface area contributed by atoms with Crippen LogP contribution in [0.2, 0.25) is 0 Å². The summed E-state index contributed by atoms with van der Waals surface area (Å²) in [6, 6.07) is 1.10. The maximum atomic E-state index is 5.51. The van der Waals surface area contributed by atoms with E-state index in [1.54, 1.807) is 0 Å². The van der Waals surface area contributed by atoms with E-state index in [2.05, 4.69) is 17.6 Å². The number of nitrogens with two attached hydrogens (primary N) is 1. The van der Waals surface area contributed by atoms with Crippen LogP contribution in [-0.4, -0.2) is 31.7 Å². The van der Waals surface area contributed by atoms with Gasteiger partial charge in [0, 0.05) is 25.2 Å². The lowest BCUT2D eigenvalue weighted by Crippen LogP contribution is -2.48. The summed E-state index contributed by atoms with van der Waals surface area (Å²) in [6.45, 7) is 5.14. The van der Waals surface area contributed by atoms with Crippen LogP contribution in [0.25, 0.3) is 0 Å². The Bertz CT molecular complexity index is 99.5. The van der Waals surface area contributed by atoms with E-state index in [-0.39, 0.29) is 0 Å². The van der Waals surface area contributed by atoms with E-state index in [0.29, 0.717) is 12.1 Å². The molecule has 0 bridgehead atoms. The quantitative estimate of drug-likeness (QED) is 0.526. The first-order valence-corrected chi connectivity index (χ1v) is 4.49. The van der Waals surface area contributed by atoms with Crippen LogP contribution in [0.5, 0.6) is 0 Å². The zero-order chi connectivity index (χ0) is 8.10. The highest BCUT2D eigenvalue weighted by molar-refractivity contribution is 4.77. The molecule has 1 saturated heterocycles. The van der Waals surface area contributed by atoms with Gasteiger partial charge in [0.1, 0.15) is 0 Å². The van der Waals surface area contributed by atoms with Crippen molar-refractivity contribution in [3.63, 3.8) is 0 Å². The van der Waals surface area contributed by atoms with Crippen LogP contribution >= 0.6 is 0 Å². The van der Waals surface area contributed by atoms with Gasteiger partial charge in [-0.2, -0.15) is 0 Å². The molecule has 0 aromatic rings. The maximum absolute atomic E-state index is 5.51. The van der Waals surface area contributed by atoms with E-state index in [9.17, 15) is 0 Å². The molecule has 0 aliphatic carbocycles.